The van der Waals surface area contributed by atoms with Crippen molar-refractivity contribution < 1.29 is 18.3 Å². The maximum atomic E-state index is 13.3. The lowest BCUT2D eigenvalue weighted by atomic mass is 10.1. The molecule has 32 heavy (non-hydrogen) atoms. The number of rotatable bonds is 7. The van der Waals surface area contributed by atoms with Crippen LogP contribution in [0.1, 0.15) is 18.1 Å². The molecular weight excluding hydrogens is 450 g/mol. The Morgan fingerprint density at radius 3 is 2.41 bits per heavy atom. The molecule has 0 heterocycles. The van der Waals surface area contributed by atoms with Crippen molar-refractivity contribution >= 4 is 38.9 Å². The van der Waals surface area contributed by atoms with E-state index in [0.29, 0.717) is 16.3 Å². The molecule has 0 saturated carbocycles. The minimum absolute atomic E-state index is 0.0190. The number of carbonyl (C=O) groups is 1. The van der Waals surface area contributed by atoms with Gasteiger partial charge in [-0.2, -0.15) is 5.10 Å². The molecule has 0 unspecified atom stereocenters. The predicted octanol–water partition coefficient (Wildman–Crippen LogP) is 4.09. The van der Waals surface area contributed by atoms with E-state index < -0.39 is 22.5 Å². The molecule has 2 N–H and O–H groups in total. The number of sulfonamides is 1. The van der Waals surface area contributed by atoms with Gasteiger partial charge in [-0.05, 0) is 56.3 Å². The van der Waals surface area contributed by atoms with E-state index in [2.05, 4.69) is 10.5 Å². The second-order valence-electron chi connectivity index (χ2n) is 7.05. The van der Waals surface area contributed by atoms with Crippen LogP contribution in [0.15, 0.2) is 82.8 Å². The maximum absolute atomic E-state index is 13.3. The molecule has 0 aliphatic heterocycles. The number of hydrazone groups is 1. The highest BCUT2D eigenvalue weighted by Crippen LogP contribution is 2.26. The van der Waals surface area contributed by atoms with Crippen LogP contribution in [0.3, 0.4) is 0 Å². The van der Waals surface area contributed by atoms with E-state index >= 15 is 0 Å². The molecule has 166 valence electrons. The largest absolute Gasteiger partial charge is 0.507 e. The molecule has 9 heteroatoms. The third kappa shape index (κ3) is 5.46. The number of phenolic OH excluding ortho intramolecular Hbond substituents is 1. The van der Waals surface area contributed by atoms with Crippen molar-refractivity contribution in [3.05, 3.63) is 88.9 Å². The van der Waals surface area contributed by atoms with Crippen LogP contribution in [-0.4, -0.2) is 31.7 Å². The lowest BCUT2D eigenvalue weighted by molar-refractivity contribution is -0.119. The van der Waals surface area contributed by atoms with Crippen LogP contribution in [0.2, 0.25) is 5.02 Å². The fourth-order valence-corrected chi connectivity index (χ4v) is 4.53. The molecule has 0 saturated heterocycles. The number of nitrogens with zero attached hydrogens (tertiary/aromatic N) is 2. The predicted molar refractivity (Wildman–Crippen MR) is 126 cm³/mol. The molecule has 3 aromatic carbocycles. The first kappa shape index (κ1) is 23.3. The molecule has 0 radical (unpaired) electrons. The van der Waals surface area contributed by atoms with Crippen molar-refractivity contribution in [3.8, 4) is 5.75 Å². The molecule has 0 atom stereocenters. The van der Waals surface area contributed by atoms with Crippen molar-refractivity contribution in [1.82, 2.24) is 5.43 Å². The highest BCUT2D eigenvalue weighted by atomic mass is 35.5. The maximum Gasteiger partial charge on any atom is 0.264 e. The van der Waals surface area contributed by atoms with E-state index in [1.807, 2.05) is 6.92 Å². The van der Waals surface area contributed by atoms with Gasteiger partial charge in [-0.25, -0.2) is 13.8 Å². The van der Waals surface area contributed by atoms with Gasteiger partial charge >= 0.3 is 0 Å². The van der Waals surface area contributed by atoms with Crippen LogP contribution in [0, 0.1) is 6.92 Å². The summed E-state index contributed by atoms with van der Waals surface area (Å²) in [4.78, 5) is 12.7. The quantitative estimate of drug-likeness (QED) is 0.400. The van der Waals surface area contributed by atoms with E-state index in [-0.39, 0.29) is 16.3 Å². The average molecular weight is 472 g/mol. The second kappa shape index (κ2) is 9.84. The smallest absolute Gasteiger partial charge is 0.264 e. The molecular formula is C23H22ClN3O4S. The third-order valence-corrected chi connectivity index (χ3v) is 6.66. The van der Waals surface area contributed by atoms with Gasteiger partial charge in [0.2, 0.25) is 0 Å². The normalized spacial score (nSPS) is 11.8. The molecule has 3 aromatic rings. The van der Waals surface area contributed by atoms with Gasteiger partial charge in [0.1, 0.15) is 12.3 Å². The number of aromatic hydroxyl groups is 1. The number of nitrogens with one attached hydrogen (secondary N) is 1. The van der Waals surface area contributed by atoms with E-state index in [4.69, 9.17) is 11.6 Å². The Kier molecular flexibility index (Phi) is 7.17. The zero-order valence-corrected chi connectivity index (χ0v) is 19.1. The van der Waals surface area contributed by atoms with E-state index in [1.165, 1.54) is 24.3 Å². The van der Waals surface area contributed by atoms with Gasteiger partial charge in [0.05, 0.1) is 16.3 Å². The Morgan fingerprint density at radius 2 is 1.75 bits per heavy atom. The van der Waals surface area contributed by atoms with Gasteiger partial charge in [-0.1, -0.05) is 47.5 Å². The van der Waals surface area contributed by atoms with E-state index in [1.54, 1.807) is 55.5 Å². The highest BCUT2D eigenvalue weighted by Gasteiger charge is 2.27. The van der Waals surface area contributed by atoms with E-state index in [0.717, 1.165) is 9.87 Å². The summed E-state index contributed by atoms with van der Waals surface area (Å²) in [7, 11) is -4.05. The number of carbonyl (C=O) groups excluding carboxylic acids is 1. The van der Waals surface area contributed by atoms with Gasteiger partial charge in [0, 0.05) is 10.6 Å². The van der Waals surface area contributed by atoms with Crippen molar-refractivity contribution in [2.24, 2.45) is 5.10 Å². The number of benzene rings is 3. The summed E-state index contributed by atoms with van der Waals surface area (Å²) in [5, 5.41) is 14.3. The van der Waals surface area contributed by atoms with Gasteiger partial charge in [0.15, 0.2) is 0 Å². The summed E-state index contributed by atoms with van der Waals surface area (Å²) >= 11 is 6.06. The molecule has 3 rings (SSSR count). The van der Waals surface area contributed by atoms with Crippen molar-refractivity contribution in [2.45, 2.75) is 18.7 Å². The third-order valence-electron chi connectivity index (χ3n) is 4.63. The molecule has 1 amide bonds. The van der Waals surface area contributed by atoms with Crippen LogP contribution in [0.5, 0.6) is 5.75 Å². The zero-order valence-electron chi connectivity index (χ0n) is 17.5. The number of hydrogen-bond donors (Lipinski definition) is 2. The van der Waals surface area contributed by atoms with Crippen molar-refractivity contribution in [1.29, 1.82) is 0 Å². The van der Waals surface area contributed by atoms with Gasteiger partial charge in [-0.15, -0.1) is 0 Å². The number of amides is 1. The van der Waals surface area contributed by atoms with Crippen molar-refractivity contribution in [3.63, 3.8) is 0 Å². The Morgan fingerprint density at radius 1 is 1.06 bits per heavy atom. The summed E-state index contributed by atoms with van der Waals surface area (Å²) in [5.41, 5.74) is 4.33. The summed E-state index contributed by atoms with van der Waals surface area (Å²) in [6.07, 6.45) is 0. The number of para-hydroxylation sites is 1. The topological polar surface area (TPSA) is 99.1 Å². The lowest BCUT2D eigenvalue weighted by Gasteiger charge is -2.24. The van der Waals surface area contributed by atoms with Gasteiger partial charge in [-0.3, -0.25) is 9.10 Å². The molecule has 0 aliphatic carbocycles. The number of halogens is 1. The molecule has 7 nitrogen and oxygen atoms in total. The minimum atomic E-state index is -4.05. The summed E-state index contributed by atoms with van der Waals surface area (Å²) < 4.78 is 27.6. The summed E-state index contributed by atoms with van der Waals surface area (Å²) in [6.45, 7) is 2.95. The monoisotopic (exact) mass is 471 g/mol. The second-order valence-corrected chi connectivity index (χ2v) is 9.35. The van der Waals surface area contributed by atoms with Crippen LogP contribution in [-0.2, 0) is 14.8 Å². The highest BCUT2D eigenvalue weighted by molar-refractivity contribution is 7.92. The first-order chi connectivity index (χ1) is 15.2. The zero-order chi connectivity index (χ0) is 23.3. The minimum Gasteiger partial charge on any atom is -0.507 e. The number of phenols is 1. The Bertz CT molecular complexity index is 1260. The lowest BCUT2D eigenvalue weighted by Crippen LogP contribution is -2.39. The fourth-order valence-electron chi connectivity index (χ4n) is 2.94. The van der Waals surface area contributed by atoms with Gasteiger partial charge in [0.25, 0.3) is 15.9 Å². The fraction of sp³-hybridized carbons (Fsp3) is 0.130. The van der Waals surface area contributed by atoms with Crippen LogP contribution < -0.4 is 9.73 Å². The number of aryl methyl sites for hydroxylation is 1. The van der Waals surface area contributed by atoms with E-state index in [9.17, 15) is 18.3 Å². The SMILES string of the molecule is C/C(=N/NC(=O)CN(c1cccc(Cl)c1)S(=O)(=O)c1ccc(C)cc1)c1ccccc1O. The molecule has 0 aromatic heterocycles. The first-order valence-corrected chi connectivity index (χ1v) is 11.5. The molecule has 0 aliphatic rings. The Hall–Kier alpha value is -3.36. The standard InChI is InChI=1S/C23H22ClN3O4S/c1-16-10-12-20(13-11-16)32(30,31)27(19-7-5-6-18(24)14-19)15-23(29)26-25-17(2)21-8-3-4-9-22(21)28/h3-14,28H,15H2,1-2H3,(H,26,29)/b25-17-. The Balaban J connectivity index is 1.89. The number of anilines is 1. The Labute approximate surface area is 192 Å². The molecule has 0 bridgehead atoms. The first-order valence-electron chi connectivity index (χ1n) is 9.65. The van der Waals surface area contributed by atoms with Crippen molar-refractivity contribution in [2.75, 3.05) is 10.8 Å². The molecule has 0 spiro atoms. The van der Waals surface area contributed by atoms with Crippen LogP contribution in [0.25, 0.3) is 0 Å². The van der Waals surface area contributed by atoms with Crippen LogP contribution in [0.4, 0.5) is 5.69 Å². The number of hydrogen-bond acceptors (Lipinski definition) is 5. The van der Waals surface area contributed by atoms with Gasteiger partial charge < -0.3 is 5.11 Å². The summed E-state index contributed by atoms with van der Waals surface area (Å²) in [6, 6.07) is 19.1. The average Bonchev–Trinajstić information content (AvgIpc) is 2.76. The molecule has 0 fully saturated rings. The van der Waals surface area contributed by atoms with Crippen LogP contribution >= 0.6 is 11.6 Å². The summed E-state index contributed by atoms with van der Waals surface area (Å²) in [5.74, 6) is -0.638.